The molecular weight excluding hydrogens is 1030 g/mol. The van der Waals surface area contributed by atoms with Gasteiger partial charge in [-0.2, -0.15) is 79.0 Å². The molecule has 5 aromatic rings. The lowest BCUT2D eigenvalue weighted by Gasteiger charge is -2.28. The maximum atomic E-state index is 18.7. The number of aliphatic imine (C=N–C) groups is 1. The molecule has 0 spiro atoms. The molecule has 5 heterocycles. The van der Waals surface area contributed by atoms with Crippen LogP contribution in [0.5, 0.6) is 0 Å². The van der Waals surface area contributed by atoms with Gasteiger partial charge in [0.15, 0.2) is 0 Å². The number of rotatable bonds is 3. The highest BCUT2D eigenvalue weighted by atomic mass is 19.4. The van der Waals surface area contributed by atoms with Gasteiger partial charge in [-0.05, 0) is 49.6 Å². The molecule has 0 atom stereocenters. The molecule has 0 saturated carbocycles. The average molecular weight is 1070 g/mol. The Morgan fingerprint density at radius 3 is 0.959 bits per heavy atom. The molecule has 74 heavy (non-hydrogen) atoms. The van der Waals surface area contributed by atoms with Crippen LogP contribution < -0.4 is 10.7 Å². The Kier molecular flexibility index (Phi) is 12.0. The summed E-state index contributed by atoms with van der Waals surface area (Å²) in [6.45, 7) is 14.2. The number of fused-ring (bicyclic) bond motifs is 1. The van der Waals surface area contributed by atoms with Crippen molar-refractivity contribution in [2.75, 3.05) is 0 Å². The molecule has 0 N–H and O–H groups in total. The molecule has 0 fully saturated rings. The first-order chi connectivity index (χ1) is 33.4. The molecule has 394 valence electrons. The summed E-state index contributed by atoms with van der Waals surface area (Å²) in [4.78, 5) is 3.57. The van der Waals surface area contributed by atoms with E-state index in [1.807, 2.05) is 0 Å². The predicted octanol–water partition coefficient (Wildman–Crippen LogP) is 15.0. The van der Waals surface area contributed by atoms with Crippen molar-refractivity contribution in [1.82, 2.24) is 8.96 Å². The Hall–Kier alpha value is -6.16. The van der Waals surface area contributed by atoms with Crippen LogP contribution in [-0.2, 0) is 41.0 Å². The van der Waals surface area contributed by atoms with Crippen LogP contribution in [0.1, 0.15) is 129 Å². The second kappa shape index (κ2) is 16.4. The lowest BCUT2D eigenvalue weighted by atomic mass is 9.84. The normalized spacial score (nSPS) is 16.3. The van der Waals surface area contributed by atoms with Gasteiger partial charge in [-0.15, -0.1) is 0 Å². The summed E-state index contributed by atoms with van der Waals surface area (Å²) in [7, 11) is -4.19. The standard InChI is InChI=1S/C51H39BF19N3/c1-43(2,3)25-16-10-22(11-17-25)28-37-31(46(53,54)55)32(47(56,57)58)38(72-37)29(23-12-18-26(19-13-23)44(4,5)6)40-34(49(62,63)64)36(51(68,69)70)42-30(24-14-20-27(21-15-24)45(7,8)9)41-35(50(65,66)67)33(48(59,60)61)39(28)73(41)52(71)74(40)42/h10-21H,1-9H3. The third-order valence-corrected chi connectivity index (χ3v) is 13.0. The van der Waals surface area contributed by atoms with Crippen molar-refractivity contribution in [3.8, 4) is 0 Å². The molecule has 0 saturated heterocycles. The molecule has 3 aliphatic heterocycles. The molecule has 0 amide bonds. The molecule has 23 heteroatoms. The lowest BCUT2D eigenvalue weighted by Crippen LogP contribution is -2.51. The smallest absolute Gasteiger partial charge is 0.333 e. The molecule has 2 aromatic heterocycles. The van der Waals surface area contributed by atoms with E-state index < -0.39 is 170 Å². The van der Waals surface area contributed by atoms with Gasteiger partial charge in [-0.25, -0.2) is 4.99 Å². The summed E-state index contributed by atoms with van der Waals surface area (Å²) in [5, 5.41) is -4.60. The zero-order valence-electron chi connectivity index (χ0n) is 40.0. The van der Waals surface area contributed by atoms with Gasteiger partial charge in [-0.1, -0.05) is 135 Å². The minimum absolute atomic E-state index is 0.238. The SMILES string of the molecule is CC(C)(C)c1ccc(C2=C3N=C(C(C(F)(F)F)=C3C(F)(F)F)C(c3ccc(C(C)(C)C)cc3)=c3c(C(F)(F)F)c(C(F)(F)F)c4n3B(F)n3c2c(C(F)(F)F)c(C(F)(F)F)c3C=4c2ccc(C(C)(C)C)cc2)cc1. The fraction of sp³-hybridized carbons (Fsp3) is 0.353. The van der Waals surface area contributed by atoms with Crippen LogP contribution in [0.2, 0.25) is 0 Å². The molecule has 3 nitrogen and oxygen atoms in total. The van der Waals surface area contributed by atoms with Crippen LogP contribution in [0, 0.1) is 0 Å². The van der Waals surface area contributed by atoms with E-state index in [1.165, 1.54) is 0 Å². The van der Waals surface area contributed by atoms with E-state index in [4.69, 9.17) is 0 Å². The van der Waals surface area contributed by atoms with Crippen molar-refractivity contribution in [1.29, 1.82) is 0 Å². The first kappa shape index (κ1) is 54.1. The Labute approximate surface area is 409 Å². The van der Waals surface area contributed by atoms with Gasteiger partial charge in [-0.3, -0.25) is 4.32 Å². The van der Waals surface area contributed by atoms with E-state index in [9.17, 15) is 0 Å². The Bertz CT molecular complexity index is 3360. The maximum Gasteiger partial charge on any atom is 0.597 e. The summed E-state index contributed by atoms with van der Waals surface area (Å²) >= 11 is 0. The van der Waals surface area contributed by atoms with E-state index in [0.29, 0.717) is 24.3 Å². The molecule has 3 aliphatic rings. The molecule has 8 rings (SSSR count). The quantitative estimate of drug-likeness (QED) is 0.127. The first-order valence-corrected chi connectivity index (χ1v) is 22.2. The van der Waals surface area contributed by atoms with Gasteiger partial charge in [0.1, 0.15) is 0 Å². The summed E-state index contributed by atoms with van der Waals surface area (Å²) in [5.74, 6) is 0. The third-order valence-electron chi connectivity index (χ3n) is 13.0. The number of halogens is 19. The van der Waals surface area contributed by atoms with E-state index in [1.54, 1.807) is 62.3 Å². The molecule has 0 aliphatic carbocycles. The summed E-state index contributed by atoms with van der Waals surface area (Å²) in [6, 6.07) is 10.7. The van der Waals surface area contributed by atoms with Crippen molar-refractivity contribution < 1.29 is 83.3 Å². The van der Waals surface area contributed by atoms with Crippen LogP contribution in [0.3, 0.4) is 0 Å². The van der Waals surface area contributed by atoms with Crippen molar-refractivity contribution in [2.24, 2.45) is 4.99 Å². The summed E-state index contributed by atoms with van der Waals surface area (Å²) in [5.41, 5.74) is -38.3. The number of aromatic nitrogens is 2. The summed E-state index contributed by atoms with van der Waals surface area (Å²) in [6.07, 6.45) is -39.2. The van der Waals surface area contributed by atoms with Crippen molar-refractivity contribution in [2.45, 2.75) is 116 Å². The number of benzene rings is 3. The fourth-order valence-electron chi connectivity index (χ4n) is 9.75. The molecule has 0 unspecified atom stereocenters. The minimum Gasteiger partial charge on any atom is -0.333 e. The number of alkyl halides is 18. The van der Waals surface area contributed by atoms with Gasteiger partial charge in [0.25, 0.3) is 0 Å². The second-order valence-corrected chi connectivity index (χ2v) is 21.1. The topological polar surface area (TPSA) is 22.2 Å². The zero-order valence-corrected chi connectivity index (χ0v) is 40.0. The summed E-state index contributed by atoms with van der Waals surface area (Å²) < 4.78 is 306. The van der Waals surface area contributed by atoms with Crippen LogP contribution in [0.15, 0.2) is 94.6 Å². The van der Waals surface area contributed by atoms with E-state index in [0.717, 1.165) is 48.5 Å². The van der Waals surface area contributed by atoms with E-state index >= 15 is 83.3 Å². The average Bonchev–Trinajstić information content (AvgIpc) is 3.91. The highest BCUT2D eigenvalue weighted by molar-refractivity contribution is 6.50. The van der Waals surface area contributed by atoms with Gasteiger partial charge in [0.05, 0.1) is 66.9 Å². The van der Waals surface area contributed by atoms with Gasteiger partial charge in [0, 0.05) is 16.7 Å². The van der Waals surface area contributed by atoms with Crippen molar-refractivity contribution in [3.05, 3.63) is 167 Å². The number of hydrogen-bond acceptors (Lipinski definition) is 1. The van der Waals surface area contributed by atoms with Crippen LogP contribution in [0.25, 0.3) is 16.7 Å². The Morgan fingerprint density at radius 1 is 0.351 bits per heavy atom. The van der Waals surface area contributed by atoms with Crippen molar-refractivity contribution in [3.63, 3.8) is 0 Å². The maximum absolute atomic E-state index is 18.7. The van der Waals surface area contributed by atoms with E-state index in [-0.39, 0.29) is 16.7 Å². The molecule has 3 aromatic carbocycles. The largest absolute Gasteiger partial charge is 0.597 e. The fourth-order valence-corrected chi connectivity index (χ4v) is 9.75. The third kappa shape index (κ3) is 8.75. The van der Waals surface area contributed by atoms with Crippen LogP contribution in [-0.4, -0.2) is 34.3 Å². The molecule has 0 radical (unpaired) electrons. The van der Waals surface area contributed by atoms with Gasteiger partial charge in [0.2, 0.25) is 0 Å². The van der Waals surface area contributed by atoms with Gasteiger partial charge >= 0.3 is 44.3 Å². The first-order valence-electron chi connectivity index (χ1n) is 22.2. The Morgan fingerprint density at radius 2 is 0.649 bits per heavy atom. The number of nitrogens with zero attached hydrogens (tertiary/aromatic N) is 3. The number of hydrogen-bond donors (Lipinski definition) is 0. The molecular formula is C51H39BF19N3. The number of allylic oxidation sites excluding steroid dienone is 2. The van der Waals surface area contributed by atoms with Gasteiger partial charge < -0.3 is 8.96 Å². The highest BCUT2D eigenvalue weighted by Crippen LogP contribution is 2.56. The monoisotopic (exact) mass is 1070 g/mol. The molecule has 4 bridgehead atoms. The second-order valence-electron chi connectivity index (χ2n) is 21.1. The lowest BCUT2D eigenvalue weighted by molar-refractivity contribution is -0.162. The predicted molar refractivity (Wildman–Crippen MR) is 238 cm³/mol. The Balaban J connectivity index is 1.88. The van der Waals surface area contributed by atoms with Crippen molar-refractivity contribution >= 4 is 29.7 Å². The zero-order chi connectivity index (χ0) is 55.5. The van der Waals surface area contributed by atoms with E-state index in [2.05, 4.69) is 4.99 Å². The highest BCUT2D eigenvalue weighted by Gasteiger charge is 2.60. The van der Waals surface area contributed by atoms with Crippen LogP contribution >= 0.6 is 0 Å². The minimum atomic E-state index is -6.56. The van der Waals surface area contributed by atoms with Crippen LogP contribution in [0.4, 0.5) is 83.3 Å².